The van der Waals surface area contributed by atoms with Crippen LogP contribution in [0.4, 0.5) is 11.6 Å². The minimum absolute atomic E-state index is 0.345. The molecule has 4 nitrogen and oxygen atoms in total. The lowest BCUT2D eigenvalue weighted by atomic mass is 10.0. The van der Waals surface area contributed by atoms with Crippen LogP contribution in [0.2, 0.25) is 0 Å². The molecule has 4 heteroatoms. The van der Waals surface area contributed by atoms with E-state index in [9.17, 15) is 0 Å². The third-order valence-corrected chi connectivity index (χ3v) is 3.14. The van der Waals surface area contributed by atoms with Gasteiger partial charge in [0.25, 0.3) is 0 Å². The number of rotatable bonds is 5. The third-order valence-electron chi connectivity index (χ3n) is 3.14. The number of hydrogen-bond acceptors (Lipinski definition) is 4. The van der Waals surface area contributed by atoms with E-state index in [4.69, 9.17) is 4.74 Å². The lowest BCUT2D eigenvalue weighted by Crippen LogP contribution is -2.32. The maximum Gasteiger partial charge on any atom is 0.128 e. The second-order valence-electron chi connectivity index (χ2n) is 4.88. The van der Waals surface area contributed by atoms with Crippen LogP contribution in [0.25, 0.3) is 0 Å². The SMILES string of the molecule is CCCNc1cccc(NC2CCOC(C)C2)n1. The molecule has 1 aliphatic rings. The van der Waals surface area contributed by atoms with E-state index in [2.05, 4.69) is 29.5 Å². The molecule has 1 saturated heterocycles. The van der Waals surface area contributed by atoms with Gasteiger partial charge in [-0.15, -0.1) is 0 Å². The molecule has 2 N–H and O–H groups in total. The Balaban J connectivity index is 1.91. The molecule has 0 bridgehead atoms. The summed E-state index contributed by atoms with van der Waals surface area (Å²) in [6.45, 7) is 6.08. The van der Waals surface area contributed by atoms with Gasteiger partial charge < -0.3 is 15.4 Å². The van der Waals surface area contributed by atoms with Crippen LogP contribution in [0.3, 0.4) is 0 Å². The van der Waals surface area contributed by atoms with Gasteiger partial charge in [0.05, 0.1) is 6.10 Å². The molecule has 18 heavy (non-hydrogen) atoms. The minimum Gasteiger partial charge on any atom is -0.378 e. The molecule has 0 radical (unpaired) electrons. The summed E-state index contributed by atoms with van der Waals surface area (Å²) in [5, 5.41) is 6.80. The highest BCUT2D eigenvalue weighted by Gasteiger charge is 2.19. The Hall–Kier alpha value is -1.29. The van der Waals surface area contributed by atoms with Crippen molar-refractivity contribution in [1.29, 1.82) is 0 Å². The van der Waals surface area contributed by atoms with E-state index in [0.29, 0.717) is 12.1 Å². The van der Waals surface area contributed by atoms with Crippen molar-refractivity contribution in [2.45, 2.75) is 45.3 Å². The third kappa shape index (κ3) is 3.88. The van der Waals surface area contributed by atoms with Crippen molar-refractivity contribution in [2.75, 3.05) is 23.8 Å². The van der Waals surface area contributed by atoms with Crippen LogP contribution in [0, 0.1) is 0 Å². The summed E-state index contributed by atoms with van der Waals surface area (Å²) >= 11 is 0. The van der Waals surface area contributed by atoms with Gasteiger partial charge in [0.15, 0.2) is 0 Å². The first-order valence-corrected chi connectivity index (χ1v) is 6.87. The highest BCUT2D eigenvalue weighted by Crippen LogP contribution is 2.18. The van der Waals surface area contributed by atoms with Gasteiger partial charge in [-0.2, -0.15) is 0 Å². The van der Waals surface area contributed by atoms with E-state index >= 15 is 0 Å². The van der Waals surface area contributed by atoms with E-state index in [-0.39, 0.29) is 0 Å². The van der Waals surface area contributed by atoms with Crippen molar-refractivity contribution in [2.24, 2.45) is 0 Å². The summed E-state index contributed by atoms with van der Waals surface area (Å²) in [7, 11) is 0. The number of hydrogen-bond donors (Lipinski definition) is 2. The van der Waals surface area contributed by atoms with Crippen molar-refractivity contribution < 1.29 is 4.74 Å². The first-order chi connectivity index (χ1) is 8.78. The van der Waals surface area contributed by atoms with E-state index in [1.54, 1.807) is 0 Å². The summed E-state index contributed by atoms with van der Waals surface area (Å²) in [4.78, 5) is 4.57. The number of nitrogens with one attached hydrogen (secondary N) is 2. The van der Waals surface area contributed by atoms with Crippen LogP contribution in [0.1, 0.15) is 33.1 Å². The summed E-state index contributed by atoms with van der Waals surface area (Å²) < 4.78 is 5.55. The van der Waals surface area contributed by atoms with Gasteiger partial charge >= 0.3 is 0 Å². The van der Waals surface area contributed by atoms with Crippen LogP contribution in [0.5, 0.6) is 0 Å². The van der Waals surface area contributed by atoms with E-state index in [0.717, 1.165) is 44.0 Å². The number of pyridine rings is 1. The van der Waals surface area contributed by atoms with Crippen molar-refractivity contribution in [1.82, 2.24) is 4.98 Å². The molecule has 1 aromatic rings. The number of anilines is 2. The summed E-state index contributed by atoms with van der Waals surface area (Å²) in [5.74, 6) is 1.90. The molecule has 100 valence electrons. The molecule has 0 aliphatic carbocycles. The van der Waals surface area contributed by atoms with Crippen molar-refractivity contribution in [3.63, 3.8) is 0 Å². The second kappa shape index (κ2) is 6.59. The molecule has 2 atom stereocenters. The normalized spacial score (nSPS) is 23.7. The molecule has 0 saturated carbocycles. The molecule has 1 fully saturated rings. The first kappa shape index (κ1) is 13.1. The van der Waals surface area contributed by atoms with Crippen molar-refractivity contribution >= 4 is 11.6 Å². The van der Waals surface area contributed by atoms with Gasteiger partial charge in [-0.3, -0.25) is 0 Å². The zero-order valence-corrected chi connectivity index (χ0v) is 11.3. The molecule has 1 aliphatic heterocycles. The lowest BCUT2D eigenvalue weighted by Gasteiger charge is -2.28. The Morgan fingerprint density at radius 2 is 2.22 bits per heavy atom. The number of ether oxygens (including phenoxy) is 1. The molecule has 1 aromatic heterocycles. The van der Waals surface area contributed by atoms with Gasteiger partial charge in [0.1, 0.15) is 11.6 Å². The largest absolute Gasteiger partial charge is 0.378 e. The second-order valence-corrected chi connectivity index (χ2v) is 4.88. The van der Waals surface area contributed by atoms with E-state index in [1.807, 2.05) is 18.2 Å². The predicted octanol–water partition coefficient (Wildman–Crippen LogP) is 2.88. The van der Waals surface area contributed by atoms with Crippen LogP contribution in [0.15, 0.2) is 18.2 Å². The quantitative estimate of drug-likeness (QED) is 0.842. The van der Waals surface area contributed by atoms with Crippen molar-refractivity contribution in [3.05, 3.63) is 18.2 Å². The Kier molecular flexibility index (Phi) is 4.81. The molecule has 0 aromatic carbocycles. The van der Waals surface area contributed by atoms with Gasteiger partial charge in [-0.25, -0.2) is 4.98 Å². The average Bonchev–Trinajstić information content (AvgIpc) is 2.37. The highest BCUT2D eigenvalue weighted by atomic mass is 16.5. The fraction of sp³-hybridized carbons (Fsp3) is 0.643. The monoisotopic (exact) mass is 249 g/mol. The predicted molar refractivity (Wildman–Crippen MR) is 75.1 cm³/mol. The van der Waals surface area contributed by atoms with E-state index in [1.165, 1.54) is 0 Å². The zero-order chi connectivity index (χ0) is 12.8. The van der Waals surface area contributed by atoms with Gasteiger partial charge in [0.2, 0.25) is 0 Å². The smallest absolute Gasteiger partial charge is 0.128 e. The maximum atomic E-state index is 5.55. The molecule has 2 unspecified atom stereocenters. The average molecular weight is 249 g/mol. The standard InChI is InChI=1S/C14H23N3O/c1-3-8-15-13-5-4-6-14(17-13)16-12-7-9-18-11(2)10-12/h4-6,11-12H,3,7-10H2,1-2H3,(H2,15,16,17). The summed E-state index contributed by atoms with van der Waals surface area (Å²) in [6, 6.07) is 6.54. The zero-order valence-electron chi connectivity index (χ0n) is 11.3. The van der Waals surface area contributed by atoms with E-state index < -0.39 is 0 Å². The molecule has 2 rings (SSSR count). The summed E-state index contributed by atoms with van der Waals surface area (Å²) in [6.07, 6.45) is 3.56. The van der Waals surface area contributed by atoms with Crippen LogP contribution in [-0.2, 0) is 4.74 Å². The lowest BCUT2D eigenvalue weighted by molar-refractivity contribution is 0.0232. The molecular weight excluding hydrogens is 226 g/mol. The Morgan fingerprint density at radius 1 is 1.39 bits per heavy atom. The minimum atomic E-state index is 0.345. The van der Waals surface area contributed by atoms with Gasteiger partial charge in [0, 0.05) is 19.2 Å². The highest BCUT2D eigenvalue weighted by molar-refractivity contribution is 5.45. The van der Waals surface area contributed by atoms with Crippen LogP contribution < -0.4 is 10.6 Å². The topological polar surface area (TPSA) is 46.2 Å². The molecule has 0 spiro atoms. The molecule has 2 heterocycles. The maximum absolute atomic E-state index is 5.55. The van der Waals surface area contributed by atoms with Gasteiger partial charge in [-0.05, 0) is 38.3 Å². The Bertz CT molecular complexity index is 370. The summed E-state index contributed by atoms with van der Waals surface area (Å²) in [5.41, 5.74) is 0. The molecule has 0 amide bonds. The van der Waals surface area contributed by atoms with Gasteiger partial charge in [-0.1, -0.05) is 13.0 Å². The van der Waals surface area contributed by atoms with Crippen LogP contribution >= 0.6 is 0 Å². The Morgan fingerprint density at radius 3 is 3.00 bits per heavy atom. The molecular formula is C14H23N3O. The van der Waals surface area contributed by atoms with Crippen LogP contribution in [-0.4, -0.2) is 30.3 Å². The fourth-order valence-electron chi connectivity index (χ4n) is 2.20. The Labute approximate surface area is 109 Å². The van der Waals surface area contributed by atoms with Crippen molar-refractivity contribution in [3.8, 4) is 0 Å². The fourth-order valence-corrected chi connectivity index (χ4v) is 2.20. The first-order valence-electron chi connectivity index (χ1n) is 6.87. The number of aromatic nitrogens is 1. The number of nitrogens with zero attached hydrogens (tertiary/aromatic N) is 1.